The number of morpholine rings is 1. The van der Waals surface area contributed by atoms with Gasteiger partial charge < -0.3 is 14.7 Å². The minimum Gasteiger partial charge on any atom is -0.479 e. The maximum atomic E-state index is 12.6. The van der Waals surface area contributed by atoms with E-state index in [-0.39, 0.29) is 25.0 Å². The first kappa shape index (κ1) is 15.5. The van der Waals surface area contributed by atoms with Crippen LogP contribution in [0.1, 0.15) is 12.6 Å². The van der Waals surface area contributed by atoms with E-state index in [0.717, 1.165) is 10.9 Å². The standard InChI is InChI=1S/C16H19N3O4/c1-10-8-19(9-14(23-10)16(21)22)15(20)7-12-11-5-3-4-6-13(11)18(2)17-12/h3-6,10,14H,7-9H2,1-2H3,(H,21,22)/t10-,14?/m1/s1. The molecule has 1 N–H and O–H groups in total. The second-order valence-corrected chi connectivity index (χ2v) is 5.84. The minimum atomic E-state index is -1.04. The lowest BCUT2D eigenvalue weighted by molar-refractivity contribution is -0.166. The predicted molar refractivity (Wildman–Crippen MR) is 83.0 cm³/mol. The Morgan fingerprint density at radius 1 is 1.35 bits per heavy atom. The van der Waals surface area contributed by atoms with Crippen molar-refractivity contribution in [3.8, 4) is 0 Å². The van der Waals surface area contributed by atoms with Crippen LogP contribution in [0.25, 0.3) is 10.9 Å². The average Bonchev–Trinajstić information content (AvgIpc) is 2.83. The number of aliphatic carboxylic acids is 1. The number of para-hydroxylation sites is 1. The summed E-state index contributed by atoms with van der Waals surface area (Å²) in [6.45, 7) is 2.24. The number of ether oxygens (including phenoxy) is 1. The largest absolute Gasteiger partial charge is 0.479 e. The Morgan fingerprint density at radius 2 is 2.09 bits per heavy atom. The van der Waals surface area contributed by atoms with Gasteiger partial charge in [-0.05, 0) is 13.0 Å². The van der Waals surface area contributed by atoms with Gasteiger partial charge in [-0.15, -0.1) is 0 Å². The van der Waals surface area contributed by atoms with Crippen LogP contribution in [0.3, 0.4) is 0 Å². The molecule has 1 unspecified atom stereocenters. The van der Waals surface area contributed by atoms with Gasteiger partial charge in [0.25, 0.3) is 0 Å². The molecule has 0 bridgehead atoms. The summed E-state index contributed by atoms with van der Waals surface area (Å²) in [4.78, 5) is 25.2. The number of benzene rings is 1. The van der Waals surface area contributed by atoms with Gasteiger partial charge in [0.05, 0.1) is 30.3 Å². The number of carbonyl (C=O) groups excluding carboxylic acids is 1. The van der Waals surface area contributed by atoms with Crippen molar-refractivity contribution in [1.82, 2.24) is 14.7 Å². The van der Waals surface area contributed by atoms with E-state index in [2.05, 4.69) is 5.10 Å². The number of rotatable bonds is 3. The van der Waals surface area contributed by atoms with Gasteiger partial charge in [0.1, 0.15) is 0 Å². The van der Waals surface area contributed by atoms with Crippen molar-refractivity contribution in [3.63, 3.8) is 0 Å². The molecule has 1 fully saturated rings. The van der Waals surface area contributed by atoms with E-state index in [1.807, 2.05) is 31.3 Å². The van der Waals surface area contributed by atoms with Gasteiger partial charge in [-0.2, -0.15) is 5.10 Å². The summed E-state index contributed by atoms with van der Waals surface area (Å²) in [5, 5.41) is 14.5. The number of aryl methyl sites for hydroxylation is 1. The van der Waals surface area contributed by atoms with Gasteiger partial charge in [-0.1, -0.05) is 18.2 Å². The van der Waals surface area contributed by atoms with Crippen molar-refractivity contribution >= 4 is 22.8 Å². The summed E-state index contributed by atoms with van der Waals surface area (Å²) < 4.78 is 7.09. The van der Waals surface area contributed by atoms with E-state index < -0.39 is 12.1 Å². The number of carboxylic acids is 1. The minimum absolute atomic E-state index is 0.0727. The number of carboxylic acid groups (broad SMARTS) is 1. The lowest BCUT2D eigenvalue weighted by atomic mass is 10.1. The van der Waals surface area contributed by atoms with Crippen LogP contribution in [0.4, 0.5) is 0 Å². The third-order valence-corrected chi connectivity index (χ3v) is 4.04. The van der Waals surface area contributed by atoms with Crippen LogP contribution in [0.15, 0.2) is 24.3 Å². The van der Waals surface area contributed by atoms with E-state index >= 15 is 0 Å². The first-order valence-electron chi connectivity index (χ1n) is 7.52. The summed E-state index contributed by atoms with van der Waals surface area (Å²) in [5.74, 6) is -1.17. The molecule has 1 aliphatic rings. The summed E-state index contributed by atoms with van der Waals surface area (Å²) in [6.07, 6.45) is -1.11. The fraction of sp³-hybridized carbons (Fsp3) is 0.438. The molecule has 1 amide bonds. The molecule has 122 valence electrons. The Morgan fingerprint density at radius 3 is 2.83 bits per heavy atom. The molecular weight excluding hydrogens is 298 g/mol. The monoisotopic (exact) mass is 317 g/mol. The van der Waals surface area contributed by atoms with E-state index in [9.17, 15) is 9.59 Å². The van der Waals surface area contributed by atoms with Gasteiger partial charge in [0.15, 0.2) is 6.10 Å². The SMILES string of the molecule is C[C@@H]1CN(C(=O)Cc2nn(C)c3ccccc23)CC(C(=O)O)O1. The smallest absolute Gasteiger partial charge is 0.334 e. The van der Waals surface area contributed by atoms with Crippen LogP contribution in [0.5, 0.6) is 0 Å². The van der Waals surface area contributed by atoms with Crippen molar-refractivity contribution in [1.29, 1.82) is 0 Å². The third kappa shape index (κ3) is 3.05. The lowest BCUT2D eigenvalue weighted by Crippen LogP contribution is -2.52. The molecule has 1 aromatic heterocycles. The maximum absolute atomic E-state index is 12.6. The molecule has 2 atom stereocenters. The first-order chi connectivity index (χ1) is 11.0. The summed E-state index contributed by atoms with van der Waals surface area (Å²) in [5.41, 5.74) is 1.67. The van der Waals surface area contributed by atoms with Crippen LogP contribution in [0.2, 0.25) is 0 Å². The molecule has 0 radical (unpaired) electrons. The number of fused-ring (bicyclic) bond motifs is 1. The molecule has 7 heteroatoms. The quantitative estimate of drug-likeness (QED) is 0.906. The zero-order chi connectivity index (χ0) is 16.6. The third-order valence-electron chi connectivity index (χ3n) is 4.04. The zero-order valence-corrected chi connectivity index (χ0v) is 13.1. The highest BCUT2D eigenvalue weighted by molar-refractivity contribution is 5.88. The fourth-order valence-electron chi connectivity index (χ4n) is 2.97. The number of aromatic nitrogens is 2. The number of hydrogen-bond acceptors (Lipinski definition) is 4. The first-order valence-corrected chi connectivity index (χ1v) is 7.52. The molecule has 7 nitrogen and oxygen atoms in total. The van der Waals surface area contributed by atoms with Crippen molar-refractivity contribution in [2.24, 2.45) is 7.05 Å². The number of hydrogen-bond donors (Lipinski definition) is 1. The molecule has 0 spiro atoms. The van der Waals surface area contributed by atoms with Crippen LogP contribution >= 0.6 is 0 Å². The topological polar surface area (TPSA) is 84.7 Å². The Labute approximate surface area is 133 Å². The second-order valence-electron chi connectivity index (χ2n) is 5.84. The Kier molecular flexibility index (Phi) is 4.04. The average molecular weight is 317 g/mol. The predicted octanol–water partition coefficient (Wildman–Crippen LogP) is 0.816. The number of amides is 1. The molecule has 1 saturated heterocycles. The molecule has 0 saturated carbocycles. The second kappa shape index (κ2) is 6.00. The highest BCUT2D eigenvalue weighted by atomic mass is 16.5. The molecule has 1 aromatic carbocycles. The van der Waals surface area contributed by atoms with Gasteiger partial charge in [-0.25, -0.2) is 4.79 Å². The summed E-state index contributed by atoms with van der Waals surface area (Å²) in [7, 11) is 1.84. The van der Waals surface area contributed by atoms with Crippen LogP contribution in [0, 0.1) is 0 Å². The fourth-order valence-corrected chi connectivity index (χ4v) is 2.97. The van der Waals surface area contributed by atoms with Crippen LogP contribution in [-0.2, 0) is 27.8 Å². The summed E-state index contributed by atoms with van der Waals surface area (Å²) >= 11 is 0. The van der Waals surface area contributed by atoms with Crippen LogP contribution in [-0.4, -0.2) is 57.0 Å². The Balaban J connectivity index is 1.79. The lowest BCUT2D eigenvalue weighted by Gasteiger charge is -2.34. The Hall–Kier alpha value is -2.41. The van der Waals surface area contributed by atoms with Crippen molar-refractivity contribution in [2.45, 2.75) is 25.6 Å². The number of nitrogens with zero attached hydrogens (tertiary/aromatic N) is 3. The molecular formula is C16H19N3O4. The van der Waals surface area contributed by atoms with Crippen LogP contribution < -0.4 is 0 Å². The molecule has 3 rings (SSSR count). The van der Waals surface area contributed by atoms with Crippen molar-refractivity contribution < 1.29 is 19.4 Å². The normalized spacial score (nSPS) is 21.6. The molecule has 2 aromatic rings. The highest BCUT2D eigenvalue weighted by Gasteiger charge is 2.32. The summed E-state index contributed by atoms with van der Waals surface area (Å²) in [6, 6.07) is 7.73. The molecule has 0 aliphatic carbocycles. The van der Waals surface area contributed by atoms with Gasteiger partial charge in [-0.3, -0.25) is 9.48 Å². The molecule has 1 aliphatic heterocycles. The molecule has 23 heavy (non-hydrogen) atoms. The van der Waals surface area contributed by atoms with E-state index in [1.54, 1.807) is 16.5 Å². The maximum Gasteiger partial charge on any atom is 0.334 e. The van der Waals surface area contributed by atoms with Crippen molar-refractivity contribution in [2.75, 3.05) is 13.1 Å². The highest BCUT2D eigenvalue weighted by Crippen LogP contribution is 2.19. The van der Waals surface area contributed by atoms with E-state index in [1.165, 1.54) is 0 Å². The zero-order valence-electron chi connectivity index (χ0n) is 13.1. The van der Waals surface area contributed by atoms with Gasteiger partial charge >= 0.3 is 5.97 Å². The molecule has 2 heterocycles. The van der Waals surface area contributed by atoms with E-state index in [4.69, 9.17) is 9.84 Å². The van der Waals surface area contributed by atoms with Gasteiger partial charge in [0.2, 0.25) is 5.91 Å². The van der Waals surface area contributed by atoms with Gasteiger partial charge in [0, 0.05) is 19.0 Å². The van der Waals surface area contributed by atoms with E-state index in [0.29, 0.717) is 12.2 Å². The number of carbonyl (C=O) groups is 2. The van der Waals surface area contributed by atoms with Crippen molar-refractivity contribution in [3.05, 3.63) is 30.0 Å². The Bertz CT molecular complexity index is 755.